The normalized spacial score (nSPS) is 10.8. The van der Waals surface area contributed by atoms with Crippen molar-refractivity contribution in [3.63, 3.8) is 0 Å². The molecular weight excluding hydrogens is 245 g/mol. The first kappa shape index (κ1) is 11.5. The minimum absolute atomic E-state index is 0.107. The van der Waals surface area contributed by atoms with Crippen LogP contribution in [0.3, 0.4) is 0 Å². The molecule has 0 aliphatic rings. The lowest BCUT2D eigenvalue weighted by Gasteiger charge is -1.99. The monoisotopic (exact) mass is 257 g/mol. The minimum Gasteiger partial charge on any atom is -0.497 e. The topological polar surface area (TPSA) is 63.9 Å². The molecular formula is C14H12FN3O. The van der Waals surface area contributed by atoms with Crippen molar-refractivity contribution in [3.8, 4) is 17.1 Å². The highest BCUT2D eigenvalue weighted by atomic mass is 19.1. The number of hydrogen-bond acceptors (Lipinski definition) is 3. The summed E-state index contributed by atoms with van der Waals surface area (Å²) in [5.74, 6) is 0.970. The molecule has 0 unspecified atom stereocenters. The molecule has 3 rings (SSSR count). The van der Waals surface area contributed by atoms with Crippen LogP contribution in [-0.4, -0.2) is 17.1 Å². The SMILES string of the molecule is COc1ccc2nc(-c3ccc(F)c(N)c3)[nH]c2c1. The highest BCUT2D eigenvalue weighted by Crippen LogP contribution is 2.25. The van der Waals surface area contributed by atoms with E-state index in [9.17, 15) is 4.39 Å². The third-order valence-corrected chi connectivity index (χ3v) is 2.96. The maximum Gasteiger partial charge on any atom is 0.146 e. The molecule has 96 valence electrons. The first-order valence-electron chi connectivity index (χ1n) is 5.76. The third-order valence-electron chi connectivity index (χ3n) is 2.96. The number of nitrogens with two attached hydrogens (primary N) is 1. The molecule has 0 saturated carbocycles. The molecule has 0 fully saturated rings. The standard InChI is InChI=1S/C14H12FN3O/c1-19-9-3-5-12-13(7-9)18-14(17-12)8-2-4-10(15)11(16)6-8/h2-7H,16H2,1H3,(H,17,18). The van der Waals surface area contributed by atoms with E-state index in [0.29, 0.717) is 5.82 Å². The van der Waals surface area contributed by atoms with Crippen LogP contribution in [0.4, 0.5) is 10.1 Å². The van der Waals surface area contributed by atoms with Crippen LogP contribution in [0.25, 0.3) is 22.4 Å². The molecule has 19 heavy (non-hydrogen) atoms. The number of benzene rings is 2. The highest BCUT2D eigenvalue weighted by molar-refractivity contribution is 5.81. The van der Waals surface area contributed by atoms with Crippen molar-refractivity contribution in [2.75, 3.05) is 12.8 Å². The lowest BCUT2D eigenvalue weighted by Crippen LogP contribution is -1.91. The summed E-state index contributed by atoms with van der Waals surface area (Å²) >= 11 is 0. The van der Waals surface area contributed by atoms with E-state index < -0.39 is 5.82 Å². The lowest BCUT2D eigenvalue weighted by molar-refractivity contribution is 0.415. The molecule has 0 atom stereocenters. The first-order chi connectivity index (χ1) is 9.17. The van der Waals surface area contributed by atoms with Gasteiger partial charge in [0, 0.05) is 11.6 Å². The van der Waals surface area contributed by atoms with Crippen molar-refractivity contribution < 1.29 is 9.13 Å². The Hall–Kier alpha value is -2.56. The predicted octanol–water partition coefficient (Wildman–Crippen LogP) is 2.96. The van der Waals surface area contributed by atoms with Crippen LogP contribution in [-0.2, 0) is 0 Å². The number of anilines is 1. The fourth-order valence-corrected chi connectivity index (χ4v) is 1.94. The van der Waals surface area contributed by atoms with E-state index in [0.717, 1.165) is 22.3 Å². The molecule has 0 radical (unpaired) electrons. The van der Waals surface area contributed by atoms with E-state index in [-0.39, 0.29) is 5.69 Å². The van der Waals surface area contributed by atoms with Crippen LogP contribution < -0.4 is 10.5 Å². The maximum absolute atomic E-state index is 13.1. The molecule has 0 bridgehead atoms. The van der Waals surface area contributed by atoms with Gasteiger partial charge in [-0.1, -0.05) is 0 Å². The number of nitrogens with zero attached hydrogens (tertiary/aromatic N) is 1. The largest absolute Gasteiger partial charge is 0.497 e. The van der Waals surface area contributed by atoms with E-state index in [1.165, 1.54) is 6.07 Å². The van der Waals surface area contributed by atoms with Gasteiger partial charge in [-0.15, -0.1) is 0 Å². The molecule has 3 N–H and O–H groups in total. The quantitative estimate of drug-likeness (QED) is 0.694. The highest BCUT2D eigenvalue weighted by Gasteiger charge is 2.08. The van der Waals surface area contributed by atoms with Crippen molar-refractivity contribution in [2.45, 2.75) is 0 Å². The van der Waals surface area contributed by atoms with Gasteiger partial charge in [-0.25, -0.2) is 9.37 Å². The van der Waals surface area contributed by atoms with Gasteiger partial charge in [0.05, 0.1) is 23.8 Å². The zero-order chi connectivity index (χ0) is 13.4. The van der Waals surface area contributed by atoms with Gasteiger partial charge in [-0.05, 0) is 30.3 Å². The van der Waals surface area contributed by atoms with Crippen molar-refractivity contribution in [1.29, 1.82) is 0 Å². The molecule has 0 amide bonds. The zero-order valence-electron chi connectivity index (χ0n) is 10.3. The van der Waals surface area contributed by atoms with Gasteiger partial charge in [0.2, 0.25) is 0 Å². The number of nitrogens with one attached hydrogen (secondary N) is 1. The second-order valence-corrected chi connectivity index (χ2v) is 4.20. The van der Waals surface area contributed by atoms with Crippen LogP contribution in [0.1, 0.15) is 0 Å². The second kappa shape index (κ2) is 4.28. The summed E-state index contributed by atoms with van der Waals surface area (Å²) in [5, 5.41) is 0. The van der Waals surface area contributed by atoms with Crippen molar-refractivity contribution >= 4 is 16.7 Å². The summed E-state index contributed by atoms with van der Waals surface area (Å²) in [5.41, 5.74) is 8.09. The van der Waals surface area contributed by atoms with E-state index in [4.69, 9.17) is 10.5 Å². The molecule has 5 heteroatoms. The minimum atomic E-state index is -0.429. The van der Waals surface area contributed by atoms with Gasteiger partial charge >= 0.3 is 0 Å². The summed E-state index contributed by atoms with van der Waals surface area (Å²) in [4.78, 5) is 7.60. The van der Waals surface area contributed by atoms with E-state index in [2.05, 4.69) is 9.97 Å². The van der Waals surface area contributed by atoms with Gasteiger partial charge in [0.25, 0.3) is 0 Å². The van der Waals surface area contributed by atoms with Crippen LogP contribution in [0.15, 0.2) is 36.4 Å². The Bertz CT molecular complexity index is 752. The Labute approximate surface area is 109 Å². The smallest absolute Gasteiger partial charge is 0.146 e. The molecule has 0 aliphatic carbocycles. The van der Waals surface area contributed by atoms with Gasteiger partial charge in [0.1, 0.15) is 17.4 Å². The first-order valence-corrected chi connectivity index (χ1v) is 5.76. The van der Waals surface area contributed by atoms with Crippen molar-refractivity contribution in [3.05, 3.63) is 42.2 Å². The third kappa shape index (κ3) is 1.99. The number of imidazole rings is 1. The fourth-order valence-electron chi connectivity index (χ4n) is 1.94. The Kier molecular flexibility index (Phi) is 2.59. The Balaban J connectivity index is 2.11. The summed E-state index contributed by atoms with van der Waals surface area (Å²) in [7, 11) is 1.61. The molecule has 3 aromatic rings. The number of fused-ring (bicyclic) bond motifs is 1. The van der Waals surface area contributed by atoms with Crippen molar-refractivity contribution in [2.24, 2.45) is 0 Å². The Morgan fingerprint density at radius 3 is 2.79 bits per heavy atom. The molecule has 0 saturated heterocycles. The van der Waals surface area contributed by atoms with Crippen LogP contribution >= 0.6 is 0 Å². The number of ether oxygens (including phenoxy) is 1. The van der Waals surface area contributed by atoms with E-state index in [1.807, 2.05) is 18.2 Å². The number of aromatic nitrogens is 2. The van der Waals surface area contributed by atoms with Gasteiger partial charge in [-0.2, -0.15) is 0 Å². The summed E-state index contributed by atoms with van der Waals surface area (Å²) < 4.78 is 18.3. The van der Waals surface area contributed by atoms with Gasteiger partial charge in [-0.3, -0.25) is 0 Å². The average Bonchev–Trinajstić information content (AvgIpc) is 2.84. The molecule has 2 aromatic carbocycles. The number of rotatable bonds is 2. The summed E-state index contributed by atoms with van der Waals surface area (Å²) in [6.45, 7) is 0. The number of H-pyrrole nitrogens is 1. The molecule has 0 spiro atoms. The van der Waals surface area contributed by atoms with Gasteiger partial charge < -0.3 is 15.5 Å². The molecule has 1 aromatic heterocycles. The fraction of sp³-hybridized carbons (Fsp3) is 0.0714. The van der Waals surface area contributed by atoms with Gasteiger partial charge in [0.15, 0.2) is 0 Å². The van der Waals surface area contributed by atoms with E-state index >= 15 is 0 Å². The lowest BCUT2D eigenvalue weighted by atomic mass is 10.2. The Morgan fingerprint density at radius 2 is 2.05 bits per heavy atom. The zero-order valence-corrected chi connectivity index (χ0v) is 10.3. The number of nitrogen functional groups attached to an aromatic ring is 1. The number of methoxy groups -OCH3 is 1. The van der Waals surface area contributed by atoms with Crippen molar-refractivity contribution in [1.82, 2.24) is 9.97 Å². The number of aromatic amines is 1. The molecule has 4 nitrogen and oxygen atoms in total. The maximum atomic E-state index is 13.1. The number of hydrogen-bond donors (Lipinski definition) is 2. The molecule has 1 heterocycles. The average molecular weight is 257 g/mol. The van der Waals surface area contributed by atoms with Crippen LogP contribution in [0, 0.1) is 5.82 Å². The predicted molar refractivity (Wildman–Crippen MR) is 72.5 cm³/mol. The van der Waals surface area contributed by atoms with E-state index in [1.54, 1.807) is 19.2 Å². The summed E-state index contributed by atoms with van der Waals surface area (Å²) in [6.07, 6.45) is 0. The number of halogens is 1. The second-order valence-electron chi connectivity index (χ2n) is 4.20. The van der Waals surface area contributed by atoms with Crippen LogP contribution in [0.2, 0.25) is 0 Å². The molecule has 0 aliphatic heterocycles. The Morgan fingerprint density at radius 1 is 1.21 bits per heavy atom. The van der Waals surface area contributed by atoms with Crippen LogP contribution in [0.5, 0.6) is 5.75 Å². The summed E-state index contributed by atoms with van der Waals surface area (Å²) in [6, 6.07) is 10.1.